The Morgan fingerprint density at radius 1 is 1.06 bits per heavy atom. The first kappa shape index (κ1) is 26.4. The minimum Gasteiger partial charge on any atom is -0.493 e. The molecule has 0 aromatic heterocycles. The van der Waals surface area contributed by atoms with E-state index in [1.54, 1.807) is 6.07 Å². The molecule has 0 amide bonds. The second-order valence-electron chi connectivity index (χ2n) is 7.10. The molecule has 0 N–H and O–H groups in total. The van der Waals surface area contributed by atoms with Crippen molar-refractivity contribution in [2.24, 2.45) is 0 Å². The van der Waals surface area contributed by atoms with E-state index < -0.39 is 26.5 Å². The number of nitrogens with zero attached hydrogens (tertiary/aromatic N) is 1. The third kappa shape index (κ3) is 6.28. The Bertz CT molecular complexity index is 1430. The van der Waals surface area contributed by atoms with Gasteiger partial charge in [0.15, 0.2) is 11.5 Å². The molecule has 3 aromatic rings. The molecule has 5 nitrogen and oxygen atoms in total. The van der Waals surface area contributed by atoms with Crippen molar-refractivity contribution < 1.29 is 31.1 Å². The number of alkyl halides is 3. The van der Waals surface area contributed by atoms with Gasteiger partial charge >= 0.3 is 6.18 Å². The first-order valence-electron chi connectivity index (χ1n) is 9.74. The summed E-state index contributed by atoms with van der Waals surface area (Å²) < 4.78 is 75.5. The first-order chi connectivity index (χ1) is 16.5. The van der Waals surface area contributed by atoms with Crippen LogP contribution in [0.25, 0.3) is 6.08 Å². The van der Waals surface area contributed by atoms with Gasteiger partial charge in [-0.05, 0) is 59.7 Å². The average Bonchev–Trinajstić information content (AvgIpc) is 2.82. The Balaban J connectivity index is 1.88. The molecule has 0 unspecified atom stereocenters. The van der Waals surface area contributed by atoms with Gasteiger partial charge in [0.05, 0.1) is 22.6 Å². The van der Waals surface area contributed by atoms with Crippen molar-refractivity contribution in [1.82, 2.24) is 0 Å². The number of allylic oxidation sites excluding steroid dienone is 1. The Morgan fingerprint density at radius 3 is 2.46 bits per heavy atom. The summed E-state index contributed by atoms with van der Waals surface area (Å²) in [5, 5.41) is 9.55. The predicted molar refractivity (Wildman–Crippen MR) is 126 cm³/mol. The molecule has 182 valence electrons. The van der Waals surface area contributed by atoms with Crippen LogP contribution >= 0.6 is 23.2 Å². The van der Waals surface area contributed by atoms with Crippen LogP contribution in [0.15, 0.2) is 70.5 Å². The lowest BCUT2D eigenvalue weighted by Crippen LogP contribution is -2.06. The second-order valence-corrected chi connectivity index (χ2v) is 9.83. The number of benzene rings is 3. The zero-order valence-electron chi connectivity index (χ0n) is 17.9. The van der Waals surface area contributed by atoms with E-state index in [1.807, 2.05) is 0 Å². The highest BCUT2D eigenvalue weighted by molar-refractivity contribution is 7.95. The molecule has 0 saturated heterocycles. The number of ether oxygens (including phenoxy) is 2. The van der Waals surface area contributed by atoms with Crippen LogP contribution in [0.5, 0.6) is 11.5 Å². The van der Waals surface area contributed by atoms with E-state index in [0.29, 0.717) is 11.1 Å². The summed E-state index contributed by atoms with van der Waals surface area (Å²) in [4.78, 5) is -0.895. The fraction of sp³-hybridized carbons (Fsp3) is 0.125. The highest BCUT2D eigenvalue weighted by Crippen LogP contribution is 2.34. The lowest BCUT2D eigenvalue weighted by atomic mass is 10.1. The van der Waals surface area contributed by atoms with Crippen molar-refractivity contribution in [3.63, 3.8) is 0 Å². The van der Waals surface area contributed by atoms with Crippen molar-refractivity contribution in [3.8, 4) is 17.6 Å². The zero-order chi connectivity index (χ0) is 25.8. The summed E-state index contributed by atoms with van der Waals surface area (Å²) in [5.74, 6) is 0.391. The van der Waals surface area contributed by atoms with Crippen molar-refractivity contribution >= 4 is 39.1 Å². The van der Waals surface area contributed by atoms with E-state index >= 15 is 0 Å². The lowest BCUT2D eigenvalue weighted by molar-refractivity contribution is -0.137. The standard InChI is InChI=1S/C24H16Cl2F3NO4S/c1-33-22-11-15(10-19(13-30)35(31,32)23-12-18(25)6-7-20(23)26)5-8-21(22)34-14-16-3-2-4-17(9-16)24(27,28)29/h2-12H,14H2,1H3. The van der Waals surface area contributed by atoms with Gasteiger partial charge in [-0.2, -0.15) is 18.4 Å². The molecule has 0 heterocycles. The molecule has 0 aliphatic rings. The maximum Gasteiger partial charge on any atom is 0.416 e. The van der Waals surface area contributed by atoms with E-state index in [-0.39, 0.29) is 33.0 Å². The number of halogens is 5. The smallest absolute Gasteiger partial charge is 0.416 e. The second kappa shape index (κ2) is 10.6. The van der Waals surface area contributed by atoms with Crippen LogP contribution in [-0.4, -0.2) is 15.5 Å². The molecule has 0 aliphatic heterocycles. The molecule has 3 rings (SSSR count). The van der Waals surface area contributed by atoms with Crippen molar-refractivity contribution in [1.29, 1.82) is 5.26 Å². The third-order valence-corrected chi connectivity index (χ3v) is 7.10. The largest absolute Gasteiger partial charge is 0.493 e. The number of nitriles is 1. The average molecular weight is 542 g/mol. The van der Waals surface area contributed by atoms with Crippen molar-refractivity contribution in [2.75, 3.05) is 7.11 Å². The maximum absolute atomic E-state index is 12.9. The van der Waals surface area contributed by atoms with Gasteiger partial charge in [0, 0.05) is 5.02 Å². The lowest BCUT2D eigenvalue weighted by Gasteiger charge is -2.13. The zero-order valence-corrected chi connectivity index (χ0v) is 20.3. The molecule has 0 radical (unpaired) electrons. The van der Waals surface area contributed by atoms with Crippen molar-refractivity contribution in [3.05, 3.63) is 92.3 Å². The summed E-state index contributed by atoms with van der Waals surface area (Å²) in [6.07, 6.45) is -3.35. The van der Waals surface area contributed by atoms with Gasteiger partial charge in [-0.25, -0.2) is 8.42 Å². The number of sulfone groups is 1. The van der Waals surface area contributed by atoms with E-state index in [2.05, 4.69) is 0 Å². The Hall–Kier alpha value is -3.19. The molecule has 35 heavy (non-hydrogen) atoms. The fourth-order valence-corrected chi connectivity index (χ4v) is 4.93. The van der Waals surface area contributed by atoms with Crippen LogP contribution < -0.4 is 9.47 Å². The normalized spacial score (nSPS) is 12.2. The number of methoxy groups -OCH3 is 1. The van der Waals surface area contributed by atoms with Gasteiger partial charge in [-0.3, -0.25) is 0 Å². The molecule has 0 bridgehead atoms. The molecule has 0 saturated carbocycles. The van der Waals surface area contributed by atoms with Crippen LogP contribution in [0.4, 0.5) is 13.2 Å². The number of rotatable bonds is 7. The van der Waals surface area contributed by atoms with Crippen LogP contribution in [0.2, 0.25) is 10.0 Å². The highest BCUT2D eigenvalue weighted by atomic mass is 35.5. The molecule has 0 fully saturated rings. The van der Waals surface area contributed by atoms with Crippen LogP contribution in [-0.2, 0) is 22.6 Å². The summed E-state index contributed by atoms with van der Waals surface area (Å²) >= 11 is 11.9. The van der Waals surface area contributed by atoms with Gasteiger partial charge in [0.1, 0.15) is 17.6 Å². The quantitative estimate of drug-likeness (QED) is 0.303. The van der Waals surface area contributed by atoms with E-state index in [4.69, 9.17) is 32.7 Å². The van der Waals surface area contributed by atoms with Crippen LogP contribution in [0.1, 0.15) is 16.7 Å². The minimum absolute atomic E-state index is 0.0912. The predicted octanol–water partition coefficient (Wildman–Crippen LogP) is 6.94. The Labute approximate surface area is 209 Å². The van der Waals surface area contributed by atoms with Gasteiger partial charge in [-0.1, -0.05) is 41.4 Å². The third-order valence-electron chi connectivity index (χ3n) is 4.72. The van der Waals surface area contributed by atoms with E-state index in [0.717, 1.165) is 24.3 Å². The number of hydrogen-bond donors (Lipinski definition) is 0. The summed E-state index contributed by atoms with van der Waals surface area (Å²) in [6.45, 7) is -0.166. The van der Waals surface area contributed by atoms with Crippen molar-refractivity contribution in [2.45, 2.75) is 17.7 Å². The maximum atomic E-state index is 12.9. The summed E-state index contributed by atoms with van der Waals surface area (Å²) in [7, 11) is -2.93. The van der Waals surface area contributed by atoms with Gasteiger partial charge < -0.3 is 9.47 Å². The topological polar surface area (TPSA) is 76.4 Å². The summed E-state index contributed by atoms with van der Waals surface area (Å²) in [6, 6.07) is 14.6. The molecule has 0 atom stereocenters. The minimum atomic E-state index is -4.48. The molecule has 0 aliphatic carbocycles. The molecule has 3 aromatic carbocycles. The Kier molecular flexibility index (Phi) is 8.00. The molecule has 11 heteroatoms. The van der Waals surface area contributed by atoms with Crippen LogP contribution in [0.3, 0.4) is 0 Å². The first-order valence-corrected chi connectivity index (χ1v) is 12.0. The van der Waals surface area contributed by atoms with Gasteiger partial charge in [0.25, 0.3) is 0 Å². The monoisotopic (exact) mass is 541 g/mol. The van der Waals surface area contributed by atoms with E-state index in [9.17, 15) is 26.9 Å². The fourth-order valence-electron chi connectivity index (χ4n) is 3.01. The SMILES string of the molecule is COc1cc(C=C(C#N)S(=O)(=O)c2cc(Cl)ccc2Cl)ccc1OCc1cccc(C(F)(F)F)c1. The van der Waals surface area contributed by atoms with Gasteiger partial charge in [-0.15, -0.1) is 0 Å². The molecule has 0 spiro atoms. The summed E-state index contributed by atoms with van der Waals surface area (Å²) in [5.41, 5.74) is -0.204. The van der Waals surface area contributed by atoms with E-state index in [1.165, 1.54) is 49.6 Å². The Morgan fingerprint density at radius 2 is 1.80 bits per heavy atom. The molecular weight excluding hydrogens is 526 g/mol. The van der Waals surface area contributed by atoms with Crippen LogP contribution in [0, 0.1) is 11.3 Å². The number of hydrogen-bond acceptors (Lipinski definition) is 5. The molecular formula is C24H16Cl2F3NO4S. The van der Waals surface area contributed by atoms with Gasteiger partial charge in [0.2, 0.25) is 9.84 Å². The highest BCUT2D eigenvalue weighted by Gasteiger charge is 2.30.